The van der Waals surface area contributed by atoms with E-state index in [1.54, 1.807) is 19.1 Å². The van der Waals surface area contributed by atoms with Gasteiger partial charge in [-0.25, -0.2) is 0 Å². The number of rotatable bonds is 3. The number of benzene rings is 2. The standard InChI is InChI=1S/C17H12IN3O4/c1-10-15(9-11-8-14(21(24)25)6-7-16(11)22)17(23)20(19-10)13-4-2-12(18)3-5-13/h2-9,22H,1H3/b15-9+. The molecule has 8 heteroatoms. The molecule has 126 valence electrons. The van der Waals surface area contributed by atoms with Gasteiger partial charge in [0, 0.05) is 21.3 Å². The van der Waals surface area contributed by atoms with Gasteiger partial charge in [0.2, 0.25) is 0 Å². The number of phenolic OH excluding ortho intramolecular Hbond substituents is 1. The number of halogens is 1. The number of phenols is 1. The van der Waals surface area contributed by atoms with Gasteiger partial charge in [0.15, 0.2) is 0 Å². The lowest BCUT2D eigenvalue weighted by Gasteiger charge is -2.11. The molecule has 0 radical (unpaired) electrons. The second-order valence-electron chi connectivity index (χ2n) is 5.34. The molecule has 0 aromatic heterocycles. The summed E-state index contributed by atoms with van der Waals surface area (Å²) in [5.74, 6) is -0.504. The van der Waals surface area contributed by atoms with Crippen molar-refractivity contribution < 1.29 is 14.8 Å². The number of hydrogen-bond acceptors (Lipinski definition) is 5. The first kappa shape index (κ1) is 17.1. The smallest absolute Gasteiger partial charge is 0.280 e. The summed E-state index contributed by atoms with van der Waals surface area (Å²) in [6, 6.07) is 10.9. The maximum absolute atomic E-state index is 12.7. The molecule has 1 N–H and O–H groups in total. The number of hydrogen-bond donors (Lipinski definition) is 1. The molecule has 0 atom stereocenters. The normalized spacial score (nSPS) is 15.6. The van der Waals surface area contributed by atoms with E-state index in [1.165, 1.54) is 29.3 Å². The van der Waals surface area contributed by atoms with Gasteiger partial charge in [-0.15, -0.1) is 0 Å². The summed E-state index contributed by atoms with van der Waals surface area (Å²) in [5, 5.41) is 26.3. The molecule has 3 rings (SSSR count). The van der Waals surface area contributed by atoms with E-state index in [0.29, 0.717) is 11.4 Å². The molecule has 0 unspecified atom stereocenters. The second kappa shape index (κ2) is 6.63. The first-order valence-corrected chi connectivity index (χ1v) is 8.29. The topological polar surface area (TPSA) is 96.0 Å². The van der Waals surface area contributed by atoms with Gasteiger partial charge in [-0.1, -0.05) is 0 Å². The minimum absolute atomic E-state index is 0.147. The van der Waals surface area contributed by atoms with Crippen molar-refractivity contribution in [1.82, 2.24) is 0 Å². The zero-order chi connectivity index (χ0) is 18.1. The maximum atomic E-state index is 12.7. The quantitative estimate of drug-likeness (QED) is 0.335. The lowest BCUT2D eigenvalue weighted by atomic mass is 10.1. The Bertz CT molecular complexity index is 935. The highest BCUT2D eigenvalue weighted by Crippen LogP contribution is 2.29. The average molecular weight is 449 g/mol. The highest BCUT2D eigenvalue weighted by molar-refractivity contribution is 14.1. The Kier molecular flexibility index (Phi) is 4.53. The van der Waals surface area contributed by atoms with E-state index in [4.69, 9.17) is 0 Å². The van der Waals surface area contributed by atoms with Crippen molar-refractivity contribution >= 4 is 51.7 Å². The van der Waals surface area contributed by atoms with Gasteiger partial charge in [0.1, 0.15) is 5.75 Å². The number of non-ortho nitro benzene ring substituents is 1. The lowest BCUT2D eigenvalue weighted by Crippen LogP contribution is -2.21. The zero-order valence-corrected chi connectivity index (χ0v) is 15.2. The van der Waals surface area contributed by atoms with Crippen LogP contribution < -0.4 is 5.01 Å². The fourth-order valence-corrected chi connectivity index (χ4v) is 2.73. The van der Waals surface area contributed by atoms with Crippen LogP contribution in [0.2, 0.25) is 0 Å². The molecule has 1 aliphatic heterocycles. The monoisotopic (exact) mass is 449 g/mol. The number of hydrazone groups is 1. The van der Waals surface area contributed by atoms with Crippen LogP contribution in [0.5, 0.6) is 5.75 Å². The molecule has 1 aliphatic rings. The lowest BCUT2D eigenvalue weighted by molar-refractivity contribution is -0.384. The van der Waals surface area contributed by atoms with Crippen LogP contribution in [-0.2, 0) is 4.79 Å². The van der Waals surface area contributed by atoms with Crippen LogP contribution in [0.25, 0.3) is 6.08 Å². The Balaban J connectivity index is 1.99. The summed E-state index contributed by atoms with van der Waals surface area (Å²) >= 11 is 2.17. The summed E-state index contributed by atoms with van der Waals surface area (Å²) in [5.41, 5.74) is 1.39. The third-order valence-corrected chi connectivity index (χ3v) is 4.37. The van der Waals surface area contributed by atoms with Gasteiger partial charge >= 0.3 is 0 Å². The van der Waals surface area contributed by atoms with Crippen LogP contribution in [0.15, 0.2) is 53.1 Å². The molecule has 1 amide bonds. The van der Waals surface area contributed by atoms with E-state index in [9.17, 15) is 20.0 Å². The number of nitrogens with zero attached hydrogens (tertiary/aromatic N) is 3. The van der Waals surface area contributed by atoms with E-state index in [0.717, 1.165) is 3.57 Å². The number of nitro benzene ring substituents is 1. The third kappa shape index (κ3) is 3.38. The zero-order valence-electron chi connectivity index (χ0n) is 13.0. The molecule has 2 aromatic rings. The first-order chi connectivity index (χ1) is 11.9. The Labute approximate surface area is 156 Å². The van der Waals surface area contributed by atoms with Crippen molar-refractivity contribution in [3.8, 4) is 5.75 Å². The molecule has 0 fully saturated rings. The van der Waals surface area contributed by atoms with Crippen LogP contribution in [0.4, 0.5) is 11.4 Å². The number of nitro groups is 1. The van der Waals surface area contributed by atoms with E-state index >= 15 is 0 Å². The van der Waals surface area contributed by atoms with Crippen LogP contribution in [0.3, 0.4) is 0 Å². The molecule has 25 heavy (non-hydrogen) atoms. The summed E-state index contributed by atoms with van der Waals surface area (Å²) in [6.45, 7) is 1.67. The molecule has 0 saturated carbocycles. The van der Waals surface area contributed by atoms with Crippen molar-refractivity contribution in [2.75, 3.05) is 5.01 Å². The highest BCUT2D eigenvalue weighted by Gasteiger charge is 2.29. The van der Waals surface area contributed by atoms with Crippen LogP contribution in [-0.4, -0.2) is 21.6 Å². The molecular formula is C17H12IN3O4. The van der Waals surface area contributed by atoms with E-state index in [1.807, 2.05) is 12.1 Å². The van der Waals surface area contributed by atoms with Crippen molar-refractivity contribution in [3.63, 3.8) is 0 Å². The van der Waals surface area contributed by atoms with Crippen molar-refractivity contribution in [2.24, 2.45) is 5.10 Å². The van der Waals surface area contributed by atoms with Gasteiger partial charge < -0.3 is 5.11 Å². The second-order valence-corrected chi connectivity index (χ2v) is 6.58. The number of carbonyl (C=O) groups excluding carboxylic acids is 1. The Morgan fingerprint density at radius 3 is 2.56 bits per heavy atom. The summed E-state index contributed by atoms with van der Waals surface area (Å²) in [6.07, 6.45) is 1.41. The maximum Gasteiger partial charge on any atom is 0.280 e. The molecule has 0 saturated heterocycles. The Morgan fingerprint density at radius 2 is 1.92 bits per heavy atom. The molecule has 0 bridgehead atoms. The van der Waals surface area contributed by atoms with Crippen LogP contribution in [0.1, 0.15) is 12.5 Å². The number of amides is 1. The minimum Gasteiger partial charge on any atom is -0.507 e. The van der Waals surface area contributed by atoms with Crippen LogP contribution in [0, 0.1) is 13.7 Å². The molecule has 2 aromatic carbocycles. The summed E-state index contributed by atoms with van der Waals surface area (Å²) in [4.78, 5) is 23.0. The molecular weight excluding hydrogens is 437 g/mol. The first-order valence-electron chi connectivity index (χ1n) is 7.21. The minimum atomic E-state index is -0.559. The molecule has 0 spiro atoms. The molecule has 1 heterocycles. The fraction of sp³-hybridized carbons (Fsp3) is 0.0588. The Morgan fingerprint density at radius 1 is 1.24 bits per heavy atom. The fourth-order valence-electron chi connectivity index (χ4n) is 2.37. The van der Waals surface area contributed by atoms with Gasteiger partial charge in [-0.3, -0.25) is 14.9 Å². The molecule has 0 aliphatic carbocycles. The number of aromatic hydroxyl groups is 1. The van der Waals surface area contributed by atoms with Crippen LogP contribution >= 0.6 is 22.6 Å². The molecule has 7 nitrogen and oxygen atoms in total. The third-order valence-electron chi connectivity index (χ3n) is 3.66. The van der Waals surface area contributed by atoms with Crippen molar-refractivity contribution in [1.29, 1.82) is 0 Å². The Hall–Kier alpha value is -2.75. The number of anilines is 1. The SMILES string of the molecule is CC1=NN(c2ccc(I)cc2)C(=O)/C1=C/c1cc([N+](=O)[O-])ccc1O. The van der Waals surface area contributed by atoms with Gasteiger partial charge in [-0.05, 0) is 65.9 Å². The highest BCUT2D eigenvalue weighted by atomic mass is 127. The average Bonchev–Trinajstić information content (AvgIpc) is 2.85. The van der Waals surface area contributed by atoms with E-state index < -0.39 is 4.92 Å². The van der Waals surface area contributed by atoms with Gasteiger partial charge in [0.05, 0.1) is 21.9 Å². The predicted octanol–water partition coefficient (Wildman–Crippen LogP) is 3.71. The van der Waals surface area contributed by atoms with Gasteiger partial charge in [0.25, 0.3) is 11.6 Å². The van der Waals surface area contributed by atoms with E-state index in [2.05, 4.69) is 27.7 Å². The largest absolute Gasteiger partial charge is 0.507 e. The predicted molar refractivity (Wildman–Crippen MR) is 102 cm³/mol. The van der Waals surface area contributed by atoms with Crippen molar-refractivity contribution in [3.05, 3.63) is 67.3 Å². The summed E-state index contributed by atoms with van der Waals surface area (Å²) < 4.78 is 1.03. The summed E-state index contributed by atoms with van der Waals surface area (Å²) in [7, 11) is 0. The van der Waals surface area contributed by atoms with Gasteiger partial charge in [-0.2, -0.15) is 10.1 Å². The number of carbonyl (C=O) groups is 1. The van der Waals surface area contributed by atoms with E-state index in [-0.39, 0.29) is 28.5 Å². The van der Waals surface area contributed by atoms with Crippen molar-refractivity contribution in [2.45, 2.75) is 6.92 Å².